The molecule has 1 saturated heterocycles. The average Bonchev–Trinajstić information content (AvgIpc) is 3.18. The monoisotopic (exact) mass is 354 g/mol. The van der Waals surface area contributed by atoms with Crippen molar-refractivity contribution in [3.8, 4) is 6.07 Å². The topological polar surface area (TPSA) is 143 Å². The van der Waals surface area contributed by atoms with Gasteiger partial charge in [0.2, 0.25) is 11.9 Å². The molecule has 0 radical (unpaired) electrons. The molecule has 0 aliphatic carbocycles. The van der Waals surface area contributed by atoms with E-state index >= 15 is 0 Å². The number of ketones is 1. The molecule has 0 spiro atoms. The summed E-state index contributed by atoms with van der Waals surface area (Å²) < 4.78 is 1.39. The molecule has 10 heteroatoms. The Morgan fingerprint density at radius 1 is 1.54 bits per heavy atom. The molecule has 10 nitrogen and oxygen atoms in total. The van der Waals surface area contributed by atoms with Crippen LogP contribution in [0.15, 0.2) is 24.7 Å². The van der Waals surface area contributed by atoms with E-state index in [0.717, 1.165) is 0 Å². The Kier molecular flexibility index (Phi) is 4.53. The number of rotatable bonds is 6. The van der Waals surface area contributed by atoms with Crippen molar-refractivity contribution in [1.29, 1.82) is 5.26 Å². The van der Waals surface area contributed by atoms with Crippen molar-refractivity contribution >= 4 is 29.1 Å². The van der Waals surface area contributed by atoms with Crippen molar-refractivity contribution in [3.63, 3.8) is 0 Å². The maximum absolute atomic E-state index is 12.2. The zero-order valence-corrected chi connectivity index (χ0v) is 14.2. The molecule has 1 aliphatic heterocycles. The zero-order valence-electron chi connectivity index (χ0n) is 14.2. The first-order valence-electron chi connectivity index (χ1n) is 8.11. The van der Waals surface area contributed by atoms with E-state index in [9.17, 15) is 14.9 Å². The van der Waals surface area contributed by atoms with Crippen LogP contribution in [-0.2, 0) is 16.1 Å². The lowest BCUT2D eigenvalue weighted by Gasteiger charge is -2.30. The SMILES string of the molecule is CC[C@@]1(C#N)C(=O)CCN1c1ccnc(Nc2cnn(CC(N)=O)c2)n1. The van der Waals surface area contributed by atoms with Gasteiger partial charge < -0.3 is 16.0 Å². The molecule has 1 amide bonds. The van der Waals surface area contributed by atoms with Crippen molar-refractivity contribution in [2.24, 2.45) is 5.73 Å². The van der Waals surface area contributed by atoms with Gasteiger partial charge in [0.25, 0.3) is 0 Å². The van der Waals surface area contributed by atoms with Crippen LogP contribution in [0.4, 0.5) is 17.5 Å². The highest BCUT2D eigenvalue weighted by Crippen LogP contribution is 2.33. The summed E-state index contributed by atoms with van der Waals surface area (Å²) in [6.45, 7) is 2.22. The number of carbonyl (C=O) groups excluding carboxylic acids is 2. The number of primary amides is 1. The molecule has 26 heavy (non-hydrogen) atoms. The van der Waals surface area contributed by atoms with E-state index < -0.39 is 11.4 Å². The van der Waals surface area contributed by atoms with Gasteiger partial charge in [0.05, 0.1) is 18.0 Å². The fourth-order valence-electron chi connectivity index (χ4n) is 3.02. The van der Waals surface area contributed by atoms with E-state index in [-0.39, 0.29) is 12.3 Å². The first-order chi connectivity index (χ1) is 12.5. The van der Waals surface area contributed by atoms with Crippen molar-refractivity contribution < 1.29 is 9.59 Å². The van der Waals surface area contributed by atoms with E-state index in [1.54, 1.807) is 23.4 Å². The normalized spacial score (nSPS) is 19.4. The number of nitrogens with one attached hydrogen (secondary N) is 1. The molecule has 2 aromatic heterocycles. The number of aromatic nitrogens is 4. The van der Waals surface area contributed by atoms with Crippen LogP contribution < -0.4 is 16.0 Å². The maximum atomic E-state index is 12.2. The van der Waals surface area contributed by atoms with E-state index in [2.05, 4.69) is 26.5 Å². The number of nitrogens with zero attached hydrogens (tertiary/aromatic N) is 6. The van der Waals surface area contributed by atoms with Crippen LogP contribution in [0.5, 0.6) is 0 Å². The van der Waals surface area contributed by atoms with E-state index in [1.165, 1.54) is 10.9 Å². The highest BCUT2D eigenvalue weighted by Gasteiger charge is 2.48. The van der Waals surface area contributed by atoms with Crippen LogP contribution in [0.3, 0.4) is 0 Å². The Bertz CT molecular complexity index is 886. The van der Waals surface area contributed by atoms with E-state index in [4.69, 9.17) is 5.73 Å². The Labute approximate surface area is 149 Å². The van der Waals surface area contributed by atoms with Gasteiger partial charge in [-0.2, -0.15) is 15.3 Å². The first kappa shape index (κ1) is 17.3. The molecule has 0 bridgehead atoms. The second kappa shape index (κ2) is 6.79. The Hall–Kier alpha value is -3.48. The van der Waals surface area contributed by atoms with Crippen LogP contribution >= 0.6 is 0 Å². The zero-order chi connectivity index (χ0) is 18.7. The van der Waals surface area contributed by atoms with Crippen molar-refractivity contribution in [2.45, 2.75) is 31.8 Å². The van der Waals surface area contributed by atoms with Crippen molar-refractivity contribution in [3.05, 3.63) is 24.7 Å². The average molecular weight is 354 g/mol. The third kappa shape index (κ3) is 3.06. The Morgan fingerprint density at radius 2 is 2.35 bits per heavy atom. The molecule has 134 valence electrons. The van der Waals surface area contributed by atoms with Crippen LogP contribution in [0, 0.1) is 11.3 Å². The summed E-state index contributed by atoms with van der Waals surface area (Å²) in [6, 6.07) is 3.82. The van der Waals surface area contributed by atoms with Crippen LogP contribution in [0.1, 0.15) is 19.8 Å². The Balaban J connectivity index is 1.83. The highest BCUT2D eigenvalue weighted by molar-refractivity contribution is 5.98. The molecule has 1 atom stereocenters. The molecule has 3 rings (SSSR count). The van der Waals surface area contributed by atoms with Crippen LogP contribution in [0.2, 0.25) is 0 Å². The van der Waals surface area contributed by atoms with Gasteiger partial charge in [-0.15, -0.1) is 0 Å². The number of anilines is 3. The van der Waals surface area contributed by atoms with E-state index in [0.29, 0.717) is 36.8 Å². The molecule has 1 fully saturated rings. The second-order valence-electron chi connectivity index (χ2n) is 5.91. The van der Waals surface area contributed by atoms with E-state index in [1.807, 2.05) is 6.92 Å². The van der Waals surface area contributed by atoms with Crippen LogP contribution in [0.25, 0.3) is 0 Å². The summed E-state index contributed by atoms with van der Waals surface area (Å²) in [7, 11) is 0. The standard InChI is InChI=1S/C16H18N8O2/c1-2-16(10-17)12(25)4-6-24(16)14-3-5-19-15(22-14)21-11-7-20-23(8-11)9-13(18)26/h3,5,7-8H,2,4,6,9H2,1H3,(H2,18,26)(H,19,21,22)/t16-/m1/s1. The maximum Gasteiger partial charge on any atom is 0.239 e. The van der Waals surface area contributed by atoms with Crippen molar-refractivity contribution in [2.75, 3.05) is 16.8 Å². The lowest BCUT2D eigenvalue weighted by atomic mass is 9.93. The predicted molar refractivity (Wildman–Crippen MR) is 92.3 cm³/mol. The van der Waals surface area contributed by atoms with Gasteiger partial charge in [-0.1, -0.05) is 6.92 Å². The lowest BCUT2D eigenvalue weighted by molar-refractivity contribution is -0.120. The number of amides is 1. The third-order valence-electron chi connectivity index (χ3n) is 4.31. The number of nitriles is 1. The largest absolute Gasteiger partial charge is 0.368 e. The molecule has 0 unspecified atom stereocenters. The summed E-state index contributed by atoms with van der Waals surface area (Å²) in [5.74, 6) is 0.206. The highest BCUT2D eigenvalue weighted by atomic mass is 16.1. The molecular formula is C16H18N8O2. The molecule has 3 heterocycles. The molecular weight excluding hydrogens is 336 g/mol. The molecule has 2 aromatic rings. The quantitative estimate of drug-likeness (QED) is 0.756. The van der Waals surface area contributed by atoms with Crippen LogP contribution in [-0.4, -0.2) is 43.5 Å². The minimum atomic E-state index is -1.18. The fraction of sp³-hybridized carbons (Fsp3) is 0.375. The smallest absolute Gasteiger partial charge is 0.239 e. The number of hydrogen-bond acceptors (Lipinski definition) is 8. The van der Waals surface area contributed by atoms with Gasteiger partial charge in [-0.25, -0.2) is 4.98 Å². The van der Waals surface area contributed by atoms with Gasteiger partial charge in [0.1, 0.15) is 12.4 Å². The van der Waals surface area contributed by atoms with Gasteiger partial charge in [0.15, 0.2) is 11.3 Å². The summed E-state index contributed by atoms with van der Waals surface area (Å²) in [5.41, 5.74) is 4.54. The predicted octanol–water partition coefficient (Wildman–Crippen LogP) is 0.354. The number of nitrogens with two attached hydrogens (primary N) is 1. The minimum absolute atomic E-state index is 0.0281. The lowest BCUT2D eigenvalue weighted by Crippen LogP contribution is -2.47. The van der Waals surface area contributed by atoms with Crippen molar-refractivity contribution in [1.82, 2.24) is 19.7 Å². The second-order valence-corrected chi connectivity index (χ2v) is 5.91. The van der Waals surface area contributed by atoms with Gasteiger partial charge >= 0.3 is 0 Å². The first-order valence-corrected chi connectivity index (χ1v) is 8.11. The third-order valence-corrected chi connectivity index (χ3v) is 4.31. The number of hydrogen-bond donors (Lipinski definition) is 2. The van der Waals surface area contributed by atoms with Gasteiger partial charge in [0, 0.05) is 25.4 Å². The fourth-order valence-corrected chi connectivity index (χ4v) is 3.02. The van der Waals surface area contributed by atoms with Gasteiger partial charge in [-0.05, 0) is 12.5 Å². The van der Waals surface area contributed by atoms with Gasteiger partial charge in [-0.3, -0.25) is 14.3 Å². The minimum Gasteiger partial charge on any atom is -0.368 e. The number of carbonyl (C=O) groups is 2. The summed E-state index contributed by atoms with van der Waals surface area (Å²) in [4.78, 5) is 33.5. The molecule has 0 aromatic carbocycles. The molecule has 0 saturated carbocycles. The summed E-state index contributed by atoms with van der Waals surface area (Å²) in [6.07, 6.45) is 5.37. The number of Topliss-reactive ketones (excluding diaryl/α,β-unsaturated/α-hetero) is 1. The molecule has 3 N–H and O–H groups in total. The summed E-state index contributed by atoms with van der Waals surface area (Å²) in [5, 5.41) is 16.6. The summed E-state index contributed by atoms with van der Waals surface area (Å²) >= 11 is 0. The molecule has 1 aliphatic rings. The Morgan fingerprint density at radius 3 is 3.04 bits per heavy atom.